The molecule has 0 atom stereocenters. The van der Waals surface area contributed by atoms with E-state index in [4.69, 9.17) is 16.3 Å². The molecule has 0 bridgehead atoms. The lowest BCUT2D eigenvalue weighted by Gasteiger charge is -2.10. The summed E-state index contributed by atoms with van der Waals surface area (Å²) in [4.78, 5) is 23.4. The molecule has 0 saturated heterocycles. The van der Waals surface area contributed by atoms with E-state index in [1.807, 2.05) is 41.0 Å². The van der Waals surface area contributed by atoms with Gasteiger partial charge in [0.25, 0.3) is 0 Å². The maximum atomic E-state index is 12.9. The Hall–Kier alpha value is -2.90. The number of aromatic nitrogens is 3. The first-order valence-electron chi connectivity index (χ1n) is 10.3. The van der Waals surface area contributed by atoms with Gasteiger partial charge in [-0.15, -0.1) is 11.3 Å². The number of aryl methyl sites for hydroxylation is 2. The van der Waals surface area contributed by atoms with E-state index < -0.39 is 0 Å². The highest BCUT2D eigenvalue weighted by atomic mass is 35.5. The Morgan fingerprint density at radius 1 is 1.10 bits per heavy atom. The summed E-state index contributed by atoms with van der Waals surface area (Å²) >= 11 is 7.53. The van der Waals surface area contributed by atoms with Gasteiger partial charge in [-0.25, -0.2) is 9.97 Å². The molecule has 4 aromatic rings. The molecule has 1 aliphatic rings. The minimum Gasteiger partial charge on any atom is -0.486 e. The molecular formula is C23H21ClN4O2S. The van der Waals surface area contributed by atoms with Gasteiger partial charge in [-0.05, 0) is 62.1 Å². The summed E-state index contributed by atoms with van der Waals surface area (Å²) in [5.74, 6) is 1.26. The van der Waals surface area contributed by atoms with Gasteiger partial charge in [-0.1, -0.05) is 23.7 Å². The number of carbonyl (C=O) groups excluding carboxylic acids is 1. The van der Waals surface area contributed by atoms with Crippen molar-refractivity contribution in [2.24, 2.45) is 0 Å². The molecule has 1 aliphatic carbocycles. The second kappa shape index (κ2) is 8.69. The Bertz CT molecular complexity index is 1210. The molecule has 0 aliphatic heterocycles. The number of amides is 1. The first kappa shape index (κ1) is 20.0. The van der Waals surface area contributed by atoms with Crippen molar-refractivity contribution in [1.29, 1.82) is 0 Å². The van der Waals surface area contributed by atoms with Gasteiger partial charge in [0.2, 0.25) is 5.91 Å². The molecule has 2 aromatic carbocycles. The highest BCUT2D eigenvalue weighted by Gasteiger charge is 2.18. The largest absolute Gasteiger partial charge is 0.486 e. The number of fused-ring (bicyclic) bond motifs is 2. The Morgan fingerprint density at radius 2 is 1.90 bits per heavy atom. The van der Waals surface area contributed by atoms with Crippen LogP contribution < -0.4 is 10.1 Å². The van der Waals surface area contributed by atoms with Gasteiger partial charge in [-0.2, -0.15) is 0 Å². The molecule has 0 fully saturated rings. The van der Waals surface area contributed by atoms with Crippen molar-refractivity contribution in [2.75, 3.05) is 5.32 Å². The molecule has 31 heavy (non-hydrogen) atoms. The summed E-state index contributed by atoms with van der Waals surface area (Å²) < 4.78 is 7.79. The van der Waals surface area contributed by atoms with Crippen LogP contribution in [-0.4, -0.2) is 20.4 Å². The van der Waals surface area contributed by atoms with Crippen LogP contribution in [0.5, 0.6) is 5.75 Å². The van der Waals surface area contributed by atoms with E-state index >= 15 is 0 Å². The zero-order valence-corrected chi connectivity index (χ0v) is 18.4. The smallest absolute Gasteiger partial charge is 0.246 e. The van der Waals surface area contributed by atoms with Gasteiger partial charge >= 0.3 is 0 Å². The van der Waals surface area contributed by atoms with Crippen molar-refractivity contribution in [2.45, 2.75) is 38.8 Å². The number of carbonyl (C=O) groups is 1. The first-order valence-corrected chi connectivity index (χ1v) is 11.5. The number of halogens is 1. The minimum atomic E-state index is -0.123. The molecule has 6 nitrogen and oxygen atoms in total. The third kappa shape index (κ3) is 4.43. The third-order valence-electron chi connectivity index (χ3n) is 5.31. The number of para-hydroxylation sites is 2. The first-order chi connectivity index (χ1) is 15.2. The summed E-state index contributed by atoms with van der Waals surface area (Å²) in [6.07, 6.45) is 4.42. The van der Waals surface area contributed by atoms with Crippen LogP contribution >= 0.6 is 22.9 Å². The molecule has 1 N–H and O–H groups in total. The second-order valence-corrected chi connectivity index (χ2v) is 9.01. The number of imidazole rings is 1. The van der Waals surface area contributed by atoms with Gasteiger partial charge in [-0.3, -0.25) is 4.79 Å². The number of nitrogens with one attached hydrogen (secondary N) is 1. The number of anilines is 1. The van der Waals surface area contributed by atoms with E-state index in [9.17, 15) is 4.79 Å². The maximum Gasteiger partial charge on any atom is 0.246 e. The summed E-state index contributed by atoms with van der Waals surface area (Å²) in [5, 5.41) is 4.31. The molecule has 2 heterocycles. The molecule has 1 amide bonds. The van der Waals surface area contributed by atoms with Gasteiger partial charge in [0.05, 0.1) is 16.7 Å². The summed E-state index contributed by atoms with van der Waals surface area (Å²) in [6, 6.07) is 15.0. The average Bonchev–Trinajstić information content (AvgIpc) is 3.34. The lowest BCUT2D eigenvalue weighted by molar-refractivity contribution is -0.116. The van der Waals surface area contributed by atoms with E-state index in [1.54, 1.807) is 23.5 Å². The normalized spacial score (nSPS) is 13.2. The standard InChI is InChI=1S/C23H21ClN4O2S/c24-15-9-11-16(12-10-15)30-14-21-25-17-5-1-3-7-19(17)28(21)13-22(29)27-23-26-18-6-2-4-8-20(18)31-23/h1,3,5,7,9-12H,2,4,6,8,13-14H2,(H,26,27,29). The topological polar surface area (TPSA) is 69.0 Å². The molecule has 8 heteroatoms. The highest BCUT2D eigenvalue weighted by molar-refractivity contribution is 7.15. The number of hydrogen-bond acceptors (Lipinski definition) is 5. The molecule has 158 valence electrons. The maximum absolute atomic E-state index is 12.9. The fraction of sp³-hybridized carbons (Fsp3) is 0.261. The quantitative estimate of drug-likeness (QED) is 0.434. The number of hydrogen-bond donors (Lipinski definition) is 1. The summed E-state index contributed by atoms with van der Waals surface area (Å²) in [6.45, 7) is 0.388. The van der Waals surface area contributed by atoms with Gasteiger partial charge in [0.1, 0.15) is 24.7 Å². The van der Waals surface area contributed by atoms with Crippen molar-refractivity contribution in [3.63, 3.8) is 0 Å². The molecule has 0 saturated carbocycles. The SMILES string of the molecule is O=C(Cn1c(COc2ccc(Cl)cc2)nc2ccccc21)Nc1nc2c(s1)CCCC2. The van der Waals surface area contributed by atoms with Gasteiger partial charge < -0.3 is 14.6 Å². The molecule has 0 radical (unpaired) electrons. The monoisotopic (exact) mass is 452 g/mol. The average molecular weight is 453 g/mol. The number of nitrogens with zero attached hydrogens (tertiary/aromatic N) is 3. The number of ether oxygens (including phenoxy) is 1. The predicted molar refractivity (Wildman–Crippen MR) is 123 cm³/mol. The van der Waals surface area contributed by atoms with Crippen LogP contribution in [0.3, 0.4) is 0 Å². The molecular weight excluding hydrogens is 432 g/mol. The van der Waals surface area contributed by atoms with Crippen LogP contribution in [0.25, 0.3) is 11.0 Å². The van der Waals surface area contributed by atoms with E-state index in [0.717, 1.165) is 29.6 Å². The van der Waals surface area contributed by atoms with E-state index in [-0.39, 0.29) is 19.1 Å². The van der Waals surface area contributed by atoms with Crippen LogP contribution in [-0.2, 0) is 30.8 Å². The predicted octanol–water partition coefficient (Wildman–Crippen LogP) is 5.24. The number of thiazole rings is 1. The minimum absolute atomic E-state index is 0.123. The number of rotatable bonds is 6. The highest BCUT2D eigenvalue weighted by Crippen LogP contribution is 2.29. The van der Waals surface area contributed by atoms with Gasteiger partial charge in [0, 0.05) is 9.90 Å². The van der Waals surface area contributed by atoms with Crippen LogP contribution in [0.4, 0.5) is 5.13 Å². The molecule has 0 unspecified atom stereocenters. The van der Waals surface area contributed by atoms with Crippen molar-refractivity contribution >= 4 is 45.0 Å². The van der Waals surface area contributed by atoms with Crippen LogP contribution in [0.15, 0.2) is 48.5 Å². The van der Waals surface area contributed by atoms with Crippen molar-refractivity contribution in [1.82, 2.24) is 14.5 Å². The Balaban J connectivity index is 1.35. The van der Waals surface area contributed by atoms with Crippen molar-refractivity contribution in [3.05, 3.63) is 69.9 Å². The molecule has 0 spiro atoms. The molecule has 2 aromatic heterocycles. The Morgan fingerprint density at radius 3 is 2.74 bits per heavy atom. The third-order valence-corrected chi connectivity index (χ3v) is 6.63. The van der Waals surface area contributed by atoms with Crippen LogP contribution in [0, 0.1) is 0 Å². The lowest BCUT2D eigenvalue weighted by atomic mass is 10.0. The number of benzene rings is 2. The second-order valence-electron chi connectivity index (χ2n) is 7.49. The van der Waals surface area contributed by atoms with E-state index in [1.165, 1.54) is 17.7 Å². The fourth-order valence-corrected chi connectivity index (χ4v) is 4.99. The zero-order chi connectivity index (χ0) is 21.2. The van der Waals surface area contributed by atoms with E-state index in [0.29, 0.717) is 21.7 Å². The fourth-order valence-electron chi connectivity index (χ4n) is 3.80. The zero-order valence-electron chi connectivity index (χ0n) is 16.8. The van der Waals surface area contributed by atoms with Gasteiger partial charge in [0.15, 0.2) is 5.13 Å². The van der Waals surface area contributed by atoms with E-state index in [2.05, 4.69) is 15.3 Å². The molecule has 5 rings (SSSR count). The van der Waals surface area contributed by atoms with Crippen molar-refractivity contribution in [3.8, 4) is 5.75 Å². The Labute approximate surface area is 188 Å². The van der Waals surface area contributed by atoms with Crippen molar-refractivity contribution < 1.29 is 9.53 Å². The van der Waals surface area contributed by atoms with Crippen LogP contribution in [0.1, 0.15) is 29.2 Å². The van der Waals surface area contributed by atoms with Crippen LogP contribution in [0.2, 0.25) is 5.02 Å². The Kier molecular flexibility index (Phi) is 5.61. The summed E-state index contributed by atoms with van der Waals surface area (Å²) in [7, 11) is 0. The summed E-state index contributed by atoms with van der Waals surface area (Å²) in [5.41, 5.74) is 2.86. The lowest BCUT2D eigenvalue weighted by Crippen LogP contribution is -2.20.